The number of anilines is 1. The predicted octanol–water partition coefficient (Wildman–Crippen LogP) is 2.65. The van der Waals surface area contributed by atoms with E-state index in [-0.39, 0.29) is 0 Å². The van der Waals surface area contributed by atoms with Crippen molar-refractivity contribution in [1.29, 1.82) is 0 Å². The van der Waals surface area contributed by atoms with E-state index in [2.05, 4.69) is 26.7 Å². The Kier molecular flexibility index (Phi) is 2.80. The molecule has 1 aliphatic heterocycles. The zero-order valence-corrected chi connectivity index (χ0v) is 12.7. The van der Waals surface area contributed by atoms with E-state index in [1.54, 1.807) is 21.6 Å². The maximum atomic E-state index is 5.82. The fourth-order valence-electron chi connectivity index (χ4n) is 2.59. The van der Waals surface area contributed by atoms with Crippen LogP contribution in [0.25, 0.3) is 11.4 Å². The maximum absolute atomic E-state index is 5.82. The van der Waals surface area contributed by atoms with E-state index in [9.17, 15) is 0 Å². The fraction of sp³-hybridized carbons (Fsp3) is 0.133. The molecule has 0 fully saturated rings. The summed E-state index contributed by atoms with van der Waals surface area (Å²) < 4.78 is 3.58. The Morgan fingerprint density at radius 2 is 2.05 bits per heavy atom. The van der Waals surface area contributed by atoms with Gasteiger partial charge in [-0.15, -0.1) is 0 Å². The molecular formula is C15H13ClN6. The molecule has 0 spiro atoms. The lowest BCUT2D eigenvalue weighted by Gasteiger charge is -2.17. The SMILES string of the molecule is C=C1c2nn(-c3ccc(Cl)nc3)cc2CN1c1cnn(C)c1. The lowest BCUT2D eigenvalue weighted by Crippen LogP contribution is -2.13. The van der Waals surface area contributed by atoms with Crippen LogP contribution < -0.4 is 4.90 Å². The highest BCUT2D eigenvalue weighted by Gasteiger charge is 2.28. The van der Waals surface area contributed by atoms with Crippen LogP contribution in [0.5, 0.6) is 0 Å². The second kappa shape index (κ2) is 4.71. The smallest absolute Gasteiger partial charge is 0.129 e. The largest absolute Gasteiger partial charge is 0.333 e. The number of fused-ring (bicyclic) bond motifs is 1. The molecule has 0 radical (unpaired) electrons. The molecule has 0 atom stereocenters. The summed E-state index contributed by atoms with van der Waals surface area (Å²) in [5.74, 6) is 0. The molecule has 0 aliphatic carbocycles. The molecule has 110 valence electrons. The molecule has 6 nitrogen and oxygen atoms in total. The second-order valence-corrected chi connectivity index (χ2v) is 5.58. The quantitative estimate of drug-likeness (QED) is 0.683. The molecule has 1 aliphatic rings. The van der Waals surface area contributed by atoms with Crippen LogP contribution in [0.3, 0.4) is 0 Å². The summed E-state index contributed by atoms with van der Waals surface area (Å²) in [5, 5.41) is 9.29. The van der Waals surface area contributed by atoms with Gasteiger partial charge >= 0.3 is 0 Å². The summed E-state index contributed by atoms with van der Waals surface area (Å²) in [5.41, 5.74) is 4.80. The summed E-state index contributed by atoms with van der Waals surface area (Å²) in [6.07, 6.45) is 7.50. The molecular weight excluding hydrogens is 300 g/mol. The third-order valence-corrected chi connectivity index (χ3v) is 3.92. The number of halogens is 1. The Hall–Kier alpha value is -2.60. The zero-order chi connectivity index (χ0) is 15.3. The van der Waals surface area contributed by atoms with Gasteiger partial charge in [-0.05, 0) is 12.1 Å². The molecule has 0 amide bonds. The van der Waals surface area contributed by atoms with Crippen LogP contribution in [-0.2, 0) is 13.6 Å². The van der Waals surface area contributed by atoms with Gasteiger partial charge in [0.1, 0.15) is 10.8 Å². The second-order valence-electron chi connectivity index (χ2n) is 5.19. The third-order valence-electron chi connectivity index (χ3n) is 3.70. The number of hydrogen-bond acceptors (Lipinski definition) is 4. The van der Waals surface area contributed by atoms with Gasteiger partial charge < -0.3 is 4.90 Å². The van der Waals surface area contributed by atoms with Crippen molar-refractivity contribution in [3.8, 4) is 5.69 Å². The fourth-order valence-corrected chi connectivity index (χ4v) is 2.70. The van der Waals surface area contributed by atoms with Crippen molar-refractivity contribution < 1.29 is 0 Å². The normalized spacial score (nSPS) is 13.7. The highest BCUT2D eigenvalue weighted by molar-refractivity contribution is 6.29. The highest BCUT2D eigenvalue weighted by atomic mass is 35.5. The number of nitrogens with zero attached hydrogens (tertiary/aromatic N) is 6. The van der Waals surface area contributed by atoms with E-state index >= 15 is 0 Å². The average molecular weight is 313 g/mol. The molecule has 0 unspecified atom stereocenters. The first-order valence-corrected chi connectivity index (χ1v) is 7.15. The highest BCUT2D eigenvalue weighted by Crippen LogP contribution is 2.34. The van der Waals surface area contributed by atoms with Gasteiger partial charge in [-0.1, -0.05) is 18.2 Å². The van der Waals surface area contributed by atoms with Crippen molar-refractivity contribution in [3.63, 3.8) is 0 Å². The molecule has 0 saturated heterocycles. The lowest BCUT2D eigenvalue weighted by atomic mass is 10.3. The molecule has 0 aromatic carbocycles. The molecule has 22 heavy (non-hydrogen) atoms. The minimum Gasteiger partial charge on any atom is -0.333 e. The number of rotatable bonds is 2. The van der Waals surface area contributed by atoms with Gasteiger partial charge in [0.2, 0.25) is 0 Å². The Morgan fingerprint density at radius 1 is 1.18 bits per heavy atom. The summed E-state index contributed by atoms with van der Waals surface area (Å²) >= 11 is 5.82. The molecule has 4 rings (SSSR count). The van der Waals surface area contributed by atoms with Crippen LogP contribution in [0.4, 0.5) is 5.69 Å². The van der Waals surface area contributed by atoms with Gasteiger partial charge in [0.25, 0.3) is 0 Å². The van der Waals surface area contributed by atoms with Crippen LogP contribution in [0.2, 0.25) is 5.15 Å². The molecule has 0 N–H and O–H groups in total. The summed E-state index contributed by atoms with van der Waals surface area (Å²) in [6, 6.07) is 3.64. The Bertz CT molecular complexity index is 861. The monoisotopic (exact) mass is 312 g/mol. The molecule has 0 saturated carbocycles. The van der Waals surface area contributed by atoms with Gasteiger partial charge in [-0.2, -0.15) is 10.2 Å². The van der Waals surface area contributed by atoms with E-state index in [1.165, 1.54) is 0 Å². The number of pyridine rings is 1. The van der Waals surface area contributed by atoms with Crippen molar-refractivity contribution in [3.05, 3.63) is 59.9 Å². The standard InChI is InChI=1S/C15H13ClN6/c1-10-15-11(7-21(10)13-6-18-20(2)9-13)8-22(19-15)12-3-4-14(16)17-5-12/h3-6,8-9H,1,7H2,2H3. The van der Waals surface area contributed by atoms with Crippen molar-refractivity contribution >= 4 is 23.0 Å². The van der Waals surface area contributed by atoms with Gasteiger partial charge in [0.15, 0.2) is 0 Å². The first-order chi connectivity index (χ1) is 10.6. The average Bonchev–Trinajstić information content (AvgIpc) is 3.17. The zero-order valence-electron chi connectivity index (χ0n) is 11.9. The van der Waals surface area contributed by atoms with Crippen LogP contribution in [-0.4, -0.2) is 24.5 Å². The Labute approximate surface area is 132 Å². The van der Waals surface area contributed by atoms with E-state index in [0.717, 1.165) is 34.9 Å². The minimum absolute atomic E-state index is 0.468. The van der Waals surface area contributed by atoms with Gasteiger partial charge in [-0.3, -0.25) is 4.68 Å². The van der Waals surface area contributed by atoms with Gasteiger partial charge in [0, 0.05) is 25.0 Å². The first kappa shape index (κ1) is 13.1. The number of aromatic nitrogens is 5. The lowest BCUT2D eigenvalue weighted by molar-refractivity contribution is 0.767. The number of hydrogen-bond donors (Lipinski definition) is 0. The van der Waals surface area contributed by atoms with E-state index in [1.807, 2.05) is 31.7 Å². The summed E-state index contributed by atoms with van der Waals surface area (Å²) in [7, 11) is 1.90. The predicted molar refractivity (Wildman–Crippen MR) is 84.8 cm³/mol. The van der Waals surface area contributed by atoms with Crippen molar-refractivity contribution in [2.24, 2.45) is 7.05 Å². The van der Waals surface area contributed by atoms with Crippen molar-refractivity contribution in [2.45, 2.75) is 6.54 Å². The van der Waals surface area contributed by atoms with Crippen molar-refractivity contribution in [2.75, 3.05) is 4.90 Å². The molecule has 7 heteroatoms. The van der Waals surface area contributed by atoms with E-state index in [4.69, 9.17) is 11.6 Å². The minimum atomic E-state index is 0.468. The van der Waals surface area contributed by atoms with Crippen molar-refractivity contribution in [1.82, 2.24) is 24.5 Å². The van der Waals surface area contributed by atoms with Gasteiger partial charge in [0.05, 0.1) is 36.0 Å². The van der Waals surface area contributed by atoms with E-state index in [0.29, 0.717) is 5.15 Å². The number of aryl methyl sites for hydroxylation is 1. The maximum Gasteiger partial charge on any atom is 0.129 e. The third kappa shape index (κ3) is 2.00. The Morgan fingerprint density at radius 3 is 2.68 bits per heavy atom. The topological polar surface area (TPSA) is 51.8 Å². The van der Waals surface area contributed by atoms with Gasteiger partial charge in [-0.25, -0.2) is 9.67 Å². The molecule has 3 aromatic rings. The van der Waals surface area contributed by atoms with E-state index < -0.39 is 0 Å². The molecule has 0 bridgehead atoms. The van der Waals surface area contributed by atoms with Crippen LogP contribution in [0, 0.1) is 0 Å². The van der Waals surface area contributed by atoms with Crippen LogP contribution in [0.15, 0.2) is 43.5 Å². The Balaban J connectivity index is 1.66. The van der Waals surface area contributed by atoms with Crippen LogP contribution in [0.1, 0.15) is 11.3 Å². The van der Waals surface area contributed by atoms with Crippen LogP contribution >= 0.6 is 11.6 Å². The first-order valence-electron chi connectivity index (χ1n) is 6.78. The summed E-state index contributed by atoms with van der Waals surface area (Å²) in [6.45, 7) is 4.90. The molecule has 4 heterocycles. The summed E-state index contributed by atoms with van der Waals surface area (Å²) in [4.78, 5) is 6.19. The molecule has 3 aromatic heterocycles.